The highest BCUT2D eigenvalue weighted by Gasteiger charge is 2.54. The quantitative estimate of drug-likeness (QED) is 0.855. The summed E-state index contributed by atoms with van der Waals surface area (Å²) in [6.07, 6.45) is 1.84. The minimum absolute atomic E-state index is 0.238. The number of sulfone groups is 1. The molecule has 18 heavy (non-hydrogen) atoms. The molecule has 96 valence electrons. The third-order valence-corrected chi connectivity index (χ3v) is 6.53. The summed E-state index contributed by atoms with van der Waals surface area (Å²) in [5.41, 5.74) is 0. The van der Waals surface area contributed by atoms with E-state index in [1.54, 1.807) is 24.3 Å². The van der Waals surface area contributed by atoms with E-state index in [2.05, 4.69) is 15.9 Å². The van der Waals surface area contributed by atoms with Crippen molar-refractivity contribution in [2.24, 2.45) is 5.92 Å². The first-order valence-electron chi connectivity index (χ1n) is 5.86. The summed E-state index contributed by atoms with van der Waals surface area (Å²) in [7, 11) is -3.56. The predicted octanol–water partition coefficient (Wildman–Crippen LogP) is 3.31. The van der Waals surface area contributed by atoms with E-state index in [4.69, 9.17) is 0 Å². The molecule has 1 aromatic carbocycles. The first-order valence-corrected chi connectivity index (χ1v) is 8.14. The van der Waals surface area contributed by atoms with Crippen LogP contribution in [0.1, 0.15) is 26.2 Å². The molecule has 0 aromatic heterocycles. The summed E-state index contributed by atoms with van der Waals surface area (Å²) >= 11 is 3.27. The van der Waals surface area contributed by atoms with Crippen molar-refractivity contribution in [2.45, 2.75) is 35.8 Å². The normalized spacial score (nSPS) is 27.3. The molecule has 1 aromatic rings. The number of nitrogens with zero attached hydrogens (tertiary/aromatic N) is 1. The van der Waals surface area contributed by atoms with Crippen molar-refractivity contribution in [1.82, 2.24) is 0 Å². The molecule has 0 atom stereocenters. The molecule has 0 spiro atoms. The van der Waals surface area contributed by atoms with Gasteiger partial charge in [0.1, 0.15) is 0 Å². The van der Waals surface area contributed by atoms with Crippen LogP contribution in [0.25, 0.3) is 0 Å². The lowest BCUT2D eigenvalue weighted by Crippen LogP contribution is -2.49. The van der Waals surface area contributed by atoms with Gasteiger partial charge in [-0.25, -0.2) is 8.42 Å². The summed E-state index contributed by atoms with van der Waals surface area (Å²) in [5, 5.41) is 9.26. The number of benzene rings is 1. The number of nitriles is 1. The summed E-state index contributed by atoms with van der Waals surface area (Å²) < 4.78 is 24.6. The fraction of sp³-hybridized carbons (Fsp3) is 0.462. The lowest BCUT2D eigenvalue weighted by molar-refractivity contribution is 0.256. The molecule has 0 amide bonds. The van der Waals surface area contributed by atoms with Crippen LogP contribution in [0.4, 0.5) is 0 Å². The van der Waals surface area contributed by atoms with Crippen LogP contribution in [0.15, 0.2) is 33.6 Å². The second kappa shape index (κ2) is 4.67. The van der Waals surface area contributed by atoms with Crippen molar-refractivity contribution in [3.05, 3.63) is 28.7 Å². The third kappa shape index (κ3) is 1.98. The molecule has 5 heteroatoms. The molecule has 0 aliphatic heterocycles. The van der Waals surface area contributed by atoms with Crippen molar-refractivity contribution in [3.8, 4) is 6.07 Å². The molecular weight excluding hydrogens is 314 g/mol. The van der Waals surface area contributed by atoms with Crippen molar-refractivity contribution < 1.29 is 8.42 Å². The molecule has 1 saturated carbocycles. The van der Waals surface area contributed by atoms with E-state index in [-0.39, 0.29) is 4.90 Å². The van der Waals surface area contributed by atoms with E-state index >= 15 is 0 Å². The van der Waals surface area contributed by atoms with Gasteiger partial charge in [0.2, 0.25) is 0 Å². The Kier molecular flexibility index (Phi) is 3.52. The Morgan fingerprint density at radius 1 is 1.39 bits per heavy atom. The molecule has 0 heterocycles. The molecule has 3 nitrogen and oxygen atoms in total. The van der Waals surface area contributed by atoms with Gasteiger partial charge in [0, 0.05) is 4.47 Å². The molecular formula is C13H14BrNO2S. The number of rotatable bonds is 3. The lowest BCUT2D eigenvalue weighted by atomic mass is 9.73. The van der Waals surface area contributed by atoms with E-state index in [9.17, 15) is 13.7 Å². The van der Waals surface area contributed by atoms with E-state index < -0.39 is 14.6 Å². The summed E-state index contributed by atoms with van der Waals surface area (Å²) in [6, 6.07) is 8.52. The Morgan fingerprint density at radius 2 is 1.94 bits per heavy atom. The second-order valence-corrected chi connectivity index (χ2v) is 7.92. The molecule has 2 rings (SSSR count). The minimum Gasteiger partial charge on any atom is -0.222 e. The molecule has 0 saturated heterocycles. The summed E-state index contributed by atoms with van der Waals surface area (Å²) in [5.74, 6) is 0.356. The van der Waals surface area contributed by atoms with Crippen molar-refractivity contribution in [2.75, 3.05) is 0 Å². The molecule has 1 fully saturated rings. The highest BCUT2D eigenvalue weighted by atomic mass is 79.9. The Bertz CT molecular complexity index is 580. The predicted molar refractivity (Wildman–Crippen MR) is 72.7 cm³/mol. The van der Waals surface area contributed by atoms with Crippen LogP contribution in [0, 0.1) is 17.2 Å². The van der Waals surface area contributed by atoms with E-state index in [1.807, 2.05) is 13.0 Å². The Morgan fingerprint density at radius 3 is 2.39 bits per heavy atom. The minimum atomic E-state index is -3.56. The number of hydrogen-bond acceptors (Lipinski definition) is 3. The maximum absolute atomic E-state index is 12.5. The van der Waals surface area contributed by atoms with Gasteiger partial charge in [0.25, 0.3) is 0 Å². The average molecular weight is 328 g/mol. The fourth-order valence-corrected chi connectivity index (χ4v) is 4.61. The monoisotopic (exact) mass is 327 g/mol. The van der Waals surface area contributed by atoms with Crippen molar-refractivity contribution >= 4 is 25.8 Å². The van der Waals surface area contributed by atoms with Crippen LogP contribution >= 0.6 is 15.9 Å². The Labute approximate surface area is 116 Å². The molecule has 0 unspecified atom stereocenters. The molecule has 0 radical (unpaired) electrons. The van der Waals surface area contributed by atoms with Crippen LogP contribution < -0.4 is 0 Å². The van der Waals surface area contributed by atoms with Gasteiger partial charge in [0.15, 0.2) is 14.6 Å². The van der Waals surface area contributed by atoms with E-state index in [1.165, 1.54) is 0 Å². The second-order valence-electron chi connectivity index (χ2n) is 4.75. The zero-order chi connectivity index (χ0) is 13.4. The highest BCUT2D eigenvalue weighted by Crippen LogP contribution is 2.47. The zero-order valence-corrected chi connectivity index (χ0v) is 12.5. The first-order chi connectivity index (χ1) is 8.45. The zero-order valence-electron chi connectivity index (χ0n) is 10.1. The molecule has 1 aliphatic carbocycles. The van der Waals surface area contributed by atoms with Gasteiger partial charge in [0.05, 0.1) is 11.0 Å². The van der Waals surface area contributed by atoms with Crippen LogP contribution in [0.3, 0.4) is 0 Å². The van der Waals surface area contributed by atoms with Crippen LogP contribution in [-0.4, -0.2) is 13.2 Å². The van der Waals surface area contributed by atoms with Gasteiger partial charge in [-0.2, -0.15) is 5.26 Å². The SMILES string of the molecule is CCC1CC(C#N)(S(=O)(=O)c2ccc(Br)cc2)C1. The Balaban J connectivity index is 2.37. The Hall–Kier alpha value is -0.860. The van der Waals surface area contributed by atoms with Crippen molar-refractivity contribution in [3.63, 3.8) is 0 Å². The van der Waals surface area contributed by atoms with Gasteiger partial charge in [-0.3, -0.25) is 0 Å². The third-order valence-electron chi connectivity index (χ3n) is 3.66. The summed E-state index contributed by atoms with van der Waals surface area (Å²) in [6.45, 7) is 2.03. The highest BCUT2D eigenvalue weighted by molar-refractivity contribution is 9.10. The molecule has 1 aliphatic rings. The smallest absolute Gasteiger partial charge is 0.197 e. The van der Waals surface area contributed by atoms with Gasteiger partial charge in [-0.1, -0.05) is 29.3 Å². The largest absolute Gasteiger partial charge is 0.222 e. The van der Waals surface area contributed by atoms with Gasteiger partial charge in [-0.05, 0) is 43.0 Å². The van der Waals surface area contributed by atoms with Crippen LogP contribution in [0.5, 0.6) is 0 Å². The van der Waals surface area contributed by atoms with Gasteiger partial charge in [-0.15, -0.1) is 0 Å². The van der Waals surface area contributed by atoms with Crippen LogP contribution in [0.2, 0.25) is 0 Å². The molecule has 0 N–H and O–H groups in total. The summed E-state index contributed by atoms with van der Waals surface area (Å²) in [4.78, 5) is 0.238. The van der Waals surface area contributed by atoms with Crippen molar-refractivity contribution in [1.29, 1.82) is 5.26 Å². The van der Waals surface area contributed by atoms with Gasteiger partial charge < -0.3 is 0 Å². The van der Waals surface area contributed by atoms with Crippen LogP contribution in [-0.2, 0) is 9.84 Å². The van der Waals surface area contributed by atoms with E-state index in [0.717, 1.165) is 10.9 Å². The average Bonchev–Trinajstić information content (AvgIpc) is 2.29. The fourth-order valence-electron chi connectivity index (χ4n) is 2.37. The number of hydrogen-bond donors (Lipinski definition) is 0. The maximum atomic E-state index is 12.5. The topological polar surface area (TPSA) is 57.9 Å². The lowest BCUT2D eigenvalue weighted by Gasteiger charge is -2.41. The molecule has 0 bridgehead atoms. The number of halogens is 1. The first kappa shape index (κ1) is 13.6. The maximum Gasteiger partial charge on any atom is 0.197 e. The van der Waals surface area contributed by atoms with Gasteiger partial charge >= 0.3 is 0 Å². The van der Waals surface area contributed by atoms with E-state index in [0.29, 0.717) is 18.8 Å². The standard InChI is InChI=1S/C13H14BrNO2S/c1-2-10-7-13(8-10,9-15)18(16,17)12-5-3-11(14)4-6-12/h3-6,10H,2,7-8H2,1H3.